The van der Waals surface area contributed by atoms with Crippen LogP contribution in [0.2, 0.25) is 0 Å². The largest absolute Gasteiger partial charge is 0.378 e. The minimum atomic E-state index is -0.226. The number of benzene rings is 1. The lowest BCUT2D eigenvalue weighted by Gasteiger charge is -2.26. The molecule has 25 heavy (non-hydrogen) atoms. The molecular formula is C18H22N4O3. The summed E-state index contributed by atoms with van der Waals surface area (Å²) in [6, 6.07) is 8.56. The van der Waals surface area contributed by atoms with Gasteiger partial charge in [0.1, 0.15) is 5.82 Å². The van der Waals surface area contributed by atoms with Crippen molar-refractivity contribution in [2.75, 3.05) is 31.6 Å². The molecule has 3 rings (SSSR count). The fourth-order valence-corrected chi connectivity index (χ4v) is 2.72. The zero-order valence-electron chi connectivity index (χ0n) is 14.5. The molecule has 1 N–H and O–H groups in total. The number of nitrogens with zero attached hydrogens (tertiary/aromatic N) is 3. The van der Waals surface area contributed by atoms with Gasteiger partial charge in [-0.2, -0.15) is 5.10 Å². The first kappa shape index (κ1) is 17.2. The van der Waals surface area contributed by atoms with Gasteiger partial charge in [-0.3, -0.25) is 14.3 Å². The summed E-state index contributed by atoms with van der Waals surface area (Å²) in [4.78, 5) is 26.6. The first-order valence-electron chi connectivity index (χ1n) is 8.40. The molecule has 7 heteroatoms. The molecule has 0 aliphatic carbocycles. The quantitative estimate of drug-likeness (QED) is 0.918. The molecule has 0 atom stereocenters. The maximum atomic E-state index is 12.4. The molecule has 1 saturated heterocycles. The molecule has 2 heterocycles. The normalized spacial score (nSPS) is 14.4. The molecule has 0 radical (unpaired) electrons. The highest BCUT2D eigenvalue weighted by Crippen LogP contribution is 2.13. The molecule has 132 valence electrons. The summed E-state index contributed by atoms with van der Waals surface area (Å²) in [6.45, 7) is 4.34. The molecule has 1 aromatic carbocycles. The predicted molar refractivity (Wildman–Crippen MR) is 93.7 cm³/mol. The van der Waals surface area contributed by atoms with Crippen LogP contribution in [0.3, 0.4) is 0 Å². The number of hydrogen-bond acceptors (Lipinski definition) is 4. The second kappa shape index (κ2) is 7.48. The summed E-state index contributed by atoms with van der Waals surface area (Å²) in [7, 11) is 1.79. The lowest BCUT2D eigenvalue weighted by Crippen LogP contribution is -2.40. The Balaban J connectivity index is 1.67. The molecule has 0 bridgehead atoms. The summed E-state index contributed by atoms with van der Waals surface area (Å²) in [6.07, 6.45) is 0.808. The number of rotatable bonds is 4. The Kier molecular flexibility index (Phi) is 5.14. The summed E-state index contributed by atoms with van der Waals surface area (Å²) < 4.78 is 6.90. The van der Waals surface area contributed by atoms with Crippen LogP contribution in [0.25, 0.3) is 0 Å². The number of amides is 2. The number of ether oxygens (including phenoxy) is 1. The van der Waals surface area contributed by atoms with E-state index in [0.29, 0.717) is 43.2 Å². The van der Waals surface area contributed by atoms with E-state index in [4.69, 9.17) is 4.74 Å². The SMILES string of the molecule is CCc1cc(NC(=O)c2ccc(C(=O)N3CCOCC3)cc2)n(C)n1. The molecule has 1 aliphatic heterocycles. The first-order valence-corrected chi connectivity index (χ1v) is 8.40. The van der Waals surface area contributed by atoms with Gasteiger partial charge in [0.15, 0.2) is 0 Å². The number of aryl methyl sites for hydroxylation is 2. The van der Waals surface area contributed by atoms with Gasteiger partial charge in [0, 0.05) is 37.3 Å². The highest BCUT2D eigenvalue weighted by Gasteiger charge is 2.19. The Hall–Kier alpha value is -2.67. The zero-order valence-corrected chi connectivity index (χ0v) is 14.5. The van der Waals surface area contributed by atoms with Crippen LogP contribution in [-0.4, -0.2) is 52.8 Å². The van der Waals surface area contributed by atoms with Crippen LogP contribution >= 0.6 is 0 Å². The number of hydrogen-bond donors (Lipinski definition) is 1. The molecule has 0 unspecified atom stereocenters. The van der Waals surface area contributed by atoms with E-state index in [0.717, 1.165) is 12.1 Å². The van der Waals surface area contributed by atoms with Gasteiger partial charge in [-0.15, -0.1) is 0 Å². The maximum absolute atomic E-state index is 12.4. The van der Waals surface area contributed by atoms with Crippen LogP contribution in [0.5, 0.6) is 0 Å². The van der Waals surface area contributed by atoms with Gasteiger partial charge in [0.05, 0.1) is 18.9 Å². The number of morpholine rings is 1. The number of nitrogens with one attached hydrogen (secondary N) is 1. The molecule has 1 aliphatic rings. The number of carbonyl (C=O) groups is 2. The molecule has 2 amide bonds. The standard InChI is InChI=1S/C18H22N4O3/c1-3-15-12-16(21(2)20-15)19-17(23)13-4-6-14(7-5-13)18(24)22-8-10-25-11-9-22/h4-7,12H,3,8-11H2,1-2H3,(H,19,23). The molecule has 0 spiro atoms. The van der Waals surface area contributed by atoms with Gasteiger partial charge < -0.3 is 15.0 Å². The van der Waals surface area contributed by atoms with E-state index in [2.05, 4.69) is 10.4 Å². The highest BCUT2D eigenvalue weighted by molar-refractivity contribution is 6.04. The van der Waals surface area contributed by atoms with Crippen LogP contribution in [0.1, 0.15) is 33.3 Å². The predicted octanol–water partition coefficient (Wildman–Crippen LogP) is 1.71. The molecule has 1 fully saturated rings. The van der Waals surface area contributed by atoms with Crippen LogP contribution in [0.4, 0.5) is 5.82 Å². The van der Waals surface area contributed by atoms with Crippen LogP contribution in [0, 0.1) is 0 Å². The summed E-state index contributed by atoms with van der Waals surface area (Å²) in [5, 5.41) is 7.15. The minimum absolute atomic E-state index is 0.0329. The van der Waals surface area contributed by atoms with E-state index in [-0.39, 0.29) is 11.8 Å². The van der Waals surface area contributed by atoms with Crippen LogP contribution in [0.15, 0.2) is 30.3 Å². The van der Waals surface area contributed by atoms with Crippen molar-refractivity contribution in [2.45, 2.75) is 13.3 Å². The van der Waals surface area contributed by atoms with Crippen LogP contribution < -0.4 is 5.32 Å². The number of carbonyl (C=O) groups excluding carboxylic acids is 2. The van der Waals surface area contributed by atoms with Gasteiger partial charge >= 0.3 is 0 Å². The number of aromatic nitrogens is 2. The monoisotopic (exact) mass is 342 g/mol. The Morgan fingerprint density at radius 3 is 2.40 bits per heavy atom. The van der Waals surface area contributed by atoms with Gasteiger partial charge in [-0.05, 0) is 30.7 Å². The first-order chi connectivity index (χ1) is 12.1. The zero-order chi connectivity index (χ0) is 17.8. The molecule has 0 saturated carbocycles. The molecule has 7 nitrogen and oxygen atoms in total. The summed E-state index contributed by atoms with van der Waals surface area (Å²) in [5.41, 5.74) is 1.99. The fraction of sp³-hybridized carbons (Fsp3) is 0.389. The van der Waals surface area contributed by atoms with Crippen molar-refractivity contribution < 1.29 is 14.3 Å². The Morgan fingerprint density at radius 2 is 1.80 bits per heavy atom. The second-order valence-electron chi connectivity index (χ2n) is 5.93. The lowest BCUT2D eigenvalue weighted by atomic mass is 10.1. The third-order valence-electron chi connectivity index (χ3n) is 4.23. The Bertz CT molecular complexity index is 761. The average Bonchev–Trinajstić information content (AvgIpc) is 3.01. The summed E-state index contributed by atoms with van der Waals surface area (Å²) >= 11 is 0. The lowest BCUT2D eigenvalue weighted by molar-refractivity contribution is 0.0303. The number of anilines is 1. The smallest absolute Gasteiger partial charge is 0.256 e. The molecule has 1 aromatic heterocycles. The Labute approximate surface area is 146 Å². The van der Waals surface area contributed by atoms with E-state index < -0.39 is 0 Å². The van der Waals surface area contributed by atoms with E-state index in [9.17, 15) is 9.59 Å². The molecule has 2 aromatic rings. The van der Waals surface area contributed by atoms with Crippen molar-refractivity contribution in [3.8, 4) is 0 Å². The minimum Gasteiger partial charge on any atom is -0.378 e. The van der Waals surface area contributed by atoms with Crippen molar-refractivity contribution in [1.29, 1.82) is 0 Å². The van der Waals surface area contributed by atoms with Crippen LogP contribution in [-0.2, 0) is 18.2 Å². The van der Waals surface area contributed by atoms with E-state index >= 15 is 0 Å². The van der Waals surface area contributed by atoms with E-state index in [1.807, 2.05) is 13.0 Å². The van der Waals surface area contributed by atoms with E-state index in [1.165, 1.54) is 0 Å². The van der Waals surface area contributed by atoms with Crippen molar-refractivity contribution in [1.82, 2.24) is 14.7 Å². The summed E-state index contributed by atoms with van der Waals surface area (Å²) in [5.74, 6) is 0.390. The highest BCUT2D eigenvalue weighted by atomic mass is 16.5. The third kappa shape index (κ3) is 3.88. The van der Waals surface area contributed by atoms with Crippen molar-refractivity contribution >= 4 is 17.6 Å². The van der Waals surface area contributed by atoms with E-state index in [1.54, 1.807) is 40.9 Å². The van der Waals surface area contributed by atoms with Crippen molar-refractivity contribution in [3.63, 3.8) is 0 Å². The average molecular weight is 342 g/mol. The third-order valence-corrected chi connectivity index (χ3v) is 4.23. The van der Waals surface area contributed by atoms with Crippen molar-refractivity contribution in [3.05, 3.63) is 47.2 Å². The van der Waals surface area contributed by atoms with Gasteiger partial charge in [0.25, 0.3) is 11.8 Å². The van der Waals surface area contributed by atoms with Gasteiger partial charge in [0.2, 0.25) is 0 Å². The van der Waals surface area contributed by atoms with Crippen molar-refractivity contribution in [2.24, 2.45) is 7.05 Å². The topological polar surface area (TPSA) is 76.5 Å². The fourth-order valence-electron chi connectivity index (χ4n) is 2.72. The maximum Gasteiger partial charge on any atom is 0.256 e. The van der Waals surface area contributed by atoms with Gasteiger partial charge in [-0.1, -0.05) is 6.92 Å². The molecular weight excluding hydrogens is 320 g/mol. The van der Waals surface area contributed by atoms with Gasteiger partial charge in [-0.25, -0.2) is 0 Å². The Morgan fingerprint density at radius 1 is 1.16 bits per heavy atom. The second-order valence-corrected chi connectivity index (χ2v) is 5.93.